The first-order valence-electron chi connectivity index (χ1n) is 10.6. The Labute approximate surface area is 183 Å². The molecule has 0 radical (unpaired) electrons. The van der Waals surface area contributed by atoms with Crippen molar-refractivity contribution < 1.29 is 9.18 Å². The summed E-state index contributed by atoms with van der Waals surface area (Å²) in [4.78, 5) is 28.3. The Morgan fingerprint density at radius 3 is 2.62 bits per heavy atom. The monoisotopic (exact) mass is 431 g/mol. The second-order valence-electron chi connectivity index (χ2n) is 8.22. The van der Waals surface area contributed by atoms with Gasteiger partial charge in [-0.25, -0.2) is 13.8 Å². The standard InChI is InChI=1S/C24H22FN5O2/c1-15(2)22-19-13-26-30(18-9-7-17(25)8-10-18)23(19)24(32)29(27-22)14-21(31)28-12-11-16-5-3-4-6-20(16)28/h3-10,13,15H,11-12,14H2,1-2H3. The third-order valence-electron chi connectivity index (χ3n) is 5.80. The first-order valence-corrected chi connectivity index (χ1v) is 10.6. The second kappa shape index (κ2) is 7.71. The van der Waals surface area contributed by atoms with Crippen molar-refractivity contribution in [2.75, 3.05) is 11.4 Å². The van der Waals surface area contributed by atoms with Gasteiger partial charge in [-0.3, -0.25) is 9.59 Å². The molecule has 0 bridgehead atoms. The largest absolute Gasteiger partial charge is 0.310 e. The van der Waals surface area contributed by atoms with Crippen LogP contribution in [0.2, 0.25) is 0 Å². The van der Waals surface area contributed by atoms with Crippen LogP contribution in [0.3, 0.4) is 0 Å². The van der Waals surface area contributed by atoms with Crippen LogP contribution in [0, 0.1) is 5.82 Å². The Bertz CT molecular complexity index is 1390. The lowest BCUT2D eigenvalue weighted by Crippen LogP contribution is -2.37. The third-order valence-corrected chi connectivity index (χ3v) is 5.80. The molecule has 162 valence electrons. The zero-order valence-electron chi connectivity index (χ0n) is 17.8. The minimum absolute atomic E-state index is 0.0119. The van der Waals surface area contributed by atoms with Crippen LogP contribution in [0.1, 0.15) is 31.0 Å². The number of anilines is 1. The van der Waals surface area contributed by atoms with Crippen molar-refractivity contribution in [2.45, 2.75) is 32.7 Å². The van der Waals surface area contributed by atoms with Crippen LogP contribution >= 0.6 is 0 Å². The fourth-order valence-corrected chi connectivity index (χ4v) is 4.22. The van der Waals surface area contributed by atoms with Gasteiger partial charge in [0.05, 0.1) is 17.6 Å². The van der Waals surface area contributed by atoms with E-state index in [2.05, 4.69) is 10.2 Å². The number of carbonyl (C=O) groups excluding carboxylic acids is 1. The van der Waals surface area contributed by atoms with Crippen LogP contribution in [-0.2, 0) is 17.8 Å². The summed E-state index contributed by atoms with van der Waals surface area (Å²) in [5, 5.41) is 9.53. The third kappa shape index (κ3) is 3.28. The van der Waals surface area contributed by atoms with E-state index in [4.69, 9.17) is 0 Å². The normalized spacial score (nSPS) is 13.2. The summed E-state index contributed by atoms with van der Waals surface area (Å²) in [6.45, 7) is 4.37. The van der Waals surface area contributed by atoms with Gasteiger partial charge in [-0.15, -0.1) is 0 Å². The molecule has 0 unspecified atom stereocenters. The lowest BCUT2D eigenvalue weighted by atomic mass is 10.1. The predicted octanol–water partition coefficient (Wildman–Crippen LogP) is 3.43. The van der Waals surface area contributed by atoms with Crippen LogP contribution in [0.4, 0.5) is 10.1 Å². The van der Waals surface area contributed by atoms with E-state index >= 15 is 0 Å². The molecule has 0 atom stereocenters. The molecule has 1 amide bonds. The second-order valence-corrected chi connectivity index (χ2v) is 8.22. The molecule has 2 aromatic carbocycles. The zero-order chi connectivity index (χ0) is 22.4. The number of carbonyl (C=O) groups is 1. The molecule has 32 heavy (non-hydrogen) atoms. The molecule has 2 aromatic heterocycles. The topological polar surface area (TPSA) is 73.0 Å². The number of halogens is 1. The molecule has 8 heteroatoms. The average Bonchev–Trinajstić information content (AvgIpc) is 3.41. The highest BCUT2D eigenvalue weighted by molar-refractivity contribution is 5.95. The van der Waals surface area contributed by atoms with E-state index in [1.165, 1.54) is 21.5 Å². The van der Waals surface area contributed by atoms with Crippen LogP contribution in [0.15, 0.2) is 59.5 Å². The molecule has 7 nitrogen and oxygen atoms in total. The Kier molecular flexibility index (Phi) is 4.84. The van der Waals surface area contributed by atoms with E-state index in [0.29, 0.717) is 28.8 Å². The first kappa shape index (κ1) is 20.1. The number of para-hydroxylation sites is 1. The minimum Gasteiger partial charge on any atom is -0.310 e. The number of fused-ring (bicyclic) bond motifs is 2. The Balaban J connectivity index is 1.60. The van der Waals surface area contributed by atoms with Crippen LogP contribution in [0.25, 0.3) is 16.6 Å². The van der Waals surface area contributed by atoms with Gasteiger partial charge in [-0.2, -0.15) is 10.2 Å². The van der Waals surface area contributed by atoms with Gasteiger partial charge in [0.2, 0.25) is 5.91 Å². The van der Waals surface area contributed by atoms with E-state index < -0.39 is 5.56 Å². The summed E-state index contributed by atoms with van der Waals surface area (Å²) < 4.78 is 16.1. The van der Waals surface area contributed by atoms with Crippen LogP contribution in [0.5, 0.6) is 0 Å². The van der Waals surface area contributed by atoms with Crippen LogP contribution in [-0.4, -0.2) is 32.0 Å². The van der Waals surface area contributed by atoms with Crippen molar-refractivity contribution in [1.29, 1.82) is 0 Å². The van der Waals surface area contributed by atoms with E-state index in [1.54, 1.807) is 23.2 Å². The van der Waals surface area contributed by atoms with Crippen molar-refractivity contribution >= 4 is 22.5 Å². The maximum absolute atomic E-state index is 13.4. The molecule has 3 heterocycles. The number of rotatable bonds is 4. The van der Waals surface area contributed by atoms with Gasteiger partial charge in [0.25, 0.3) is 5.56 Å². The number of hydrogen-bond donors (Lipinski definition) is 0. The summed E-state index contributed by atoms with van der Waals surface area (Å²) in [7, 11) is 0. The predicted molar refractivity (Wildman–Crippen MR) is 120 cm³/mol. The van der Waals surface area contributed by atoms with Crippen molar-refractivity contribution in [2.24, 2.45) is 0 Å². The van der Waals surface area contributed by atoms with E-state index in [0.717, 1.165) is 17.7 Å². The smallest absolute Gasteiger partial charge is 0.293 e. The van der Waals surface area contributed by atoms with Crippen molar-refractivity contribution in [3.63, 3.8) is 0 Å². The molecule has 0 saturated carbocycles. The lowest BCUT2D eigenvalue weighted by molar-refractivity contribution is -0.119. The van der Waals surface area contributed by atoms with Crippen LogP contribution < -0.4 is 10.5 Å². The Morgan fingerprint density at radius 2 is 1.88 bits per heavy atom. The lowest BCUT2D eigenvalue weighted by Gasteiger charge is -2.18. The Hall–Kier alpha value is -3.81. The van der Waals surface area contributed by atoms with E-state index in [9.17, 15) is 14.0 Å². The number of aromatic nitrogens is 4. The first-order chi connectivity index (χ1) is 15.4. The summed E-state index contributed by atoms with van der Waals surface area (Å²) in [6.07, 6.45) is 2.39. The fraction of sp³-hybridized carbons (Fsp3) is 0.250. The summed E-state index contributed by atoms with van der Waals surface area (Å²) in [6, 6.07) is 13.6. The Morgan fingerprint density at radius 1 is 1.12 bits per heavy atom. The molecule has 0 saturated heterocycles. The maximum atomic E-state index is 13.4. The molecular weight excluding hydrogens is 409 g/mol. The molecule has 0 N–H and O–H groups in total. The molecular formula is C24H22FN5O2. The maximum Gasteiger partial charge on any atom is 0.293 e. The fourth-order valence-electron chi connectivity index (χ4n) is 4.22. The SMILES string of the molecule is CC(C)c1nn(CC(=O)N2CCc3ccccc32)c(=O)c2c1cnn2-c1ccc(F)cc1. The summed E-state index contributed by atoms with van der Waals surface area (Å²) in [5.74, 6) is -0.548. The molecule has 5 rings (SSSR count). The quantitative estimate of drug-likeness (QED) is 0.496. The number of nitrogens with zero attached hydrogens (tertiary/aromatic N) is 5. The van der Waals surface area contributed by atoms with E-state index in [-0.39, 0.29) is 24.2 Å². The minimum atomic E-state index is -0.410. The molecule has 1 aliphatic heterocycles. The summed E-state index contributed by atoms with van der Waals surface area (Å²) in [5.41, 5.74) is 3.16. The van der Waals surface area contributed by atoms with Gasteiger partial charge >= 0.3 is 0 Å². The van der Waals surface area contributed by atoms with Gasteiger partial charge in [-0.1, -0.05) is 32.0 Å². The highest BCUT2D eigenvalue weighted by atomic mass is 19.1. The zero-order valence-corrected chi connectivity index (χ0v) is 17.8. The highest BCUT2D eigenvalue weighted by Gasteiger charge is 2.26. The number of hydrogen-bond acceptors (Lipinski definition) is 4. The van der Waals surface area contributed by atoms with Gasteiger partial charge in [0.1, 0.15) is 17.9 Å². The molecule has 4 aromatic rings. The molecule has 0 spiro atoms. The average molecular weight is 431 g/mol. The number of benzene rings is 2. The van der Waals surface area contributed by atoms with Gasteiger partial charge in [-0.05, 0) is 48.2 Å². The highest BCUT2D eigenvalue weighted by Crippen LogP contribution is 2.28. The molecule has 0 fully saturated rings. The van der Waals surface area contributed by atoms with Crippen molar-refractivity contribution in [1.82, 2.24) is 19.6 Å². The van der Waals surface area contributed by atoms with E-state index in [1.807, 2.05) is 38.1 Å². The van der Waals surface area contributed by atoms with Crippen molar-refractivity contribution in [3.05, 3.63) is 82.2 Å². The van der Waals surface area contributed by atoms with Crippen molar-refractivity contribution in [3.8, 4) is 5.69 Å². The van der Waals surface area contributed by atoms with Gasteiger partial charge < -0.3 is 4.90 Å². The van der Waals surface area contributed by atoms with Gasteiger partial charge in [0.15, 0.2) is 0 Å². The van der Waals surface area contributed by atoms with Gasteiger partial charge in [0, 0.05) is 17.6 Å². The molecule has 1 aliphatic rings. The summed E-state index contributed by atoms with van der Waals surface area (Å²) >= 11 is 0. The molecule has 0 aliphatic carbocycles. The number of amides is 1.